The van der Waals surface area contributed by atoms with Crippen molar-refractivity contribution in [1.29, 1.82) is 0 Å². The summed E-state index contributed by atoms with van der Waals surface area (Å²) in [5.74, 6) is 0. The van der Waals surface area contributed by atoms with Crippen LogP contribution < -0.4 is 0 Å². The minimum atomic E-state index is -4.76. The Morgan fingerprint density at radius 2 is 1.35 bits per heavy atom. The Morgan fingerprint density at radius 1 is 0.957 bits per heavy atom. The average Bonchev–Trinajstić information content (AvgIpc) is 2.34. The van der Waals surface area contributed by atoms with E-state index in [9.17, 15) is 13.3 Å². The molecule has 0 heterocycles. The number of benzene rings is 1. The molecular weight excluding hydrogens is 389 g/mol. The second kappa shape index (κ2) is 6.91. The summed E-state index contributed by atoms with van der Waals surface area (Å²) in [7, 11) is -4.76. The van der Waals surface area contributed by atoms with E-state index in [4.69, 9.17) is 9.05 Å². The maximum atomic E-state index is 15.0. The predicted molar refractivity (Wildman–Crippen MR) is 92.2 cm³/mol. The van der Waals surface area contributed by atoms with Gasteiger partial charge in [0.15, 0.2) is 0 Å². The molecule has 7 heteroatoms. The Balaban J connectivity index is 3.34. The summed E-state index contributed by atoms with van der Waals surface area (Å²) in [5, 5.41) is 0.549. The van der Waals surface area contributed by atoms with E-state index in [2.05, 4.69) is 15.9 Å². The van der Waals surface area contributed by atoms with E-state index in [1.54, 1.807) is 53.7 Å². The number of alkyl halides is 3. The fraction of sp³-hybridized carbons (Fsp3) is 0.625. The maximum absolute atomic E-state index is 15.0. The van der Waals surface area contributed by atoms with Crippen LogP contribution in [0, 0.1) is 0 Å². The van der Waals surface area contributed by atoms with Crippen molar-refractivity contribution in [2.75, 3.05) is 0 Å². The second-order valence-corrected chi connectivity index (χ2v) is 9.76. The van der Waals surface area contributed by atoms with Crippen LogP contribution in [-0.4, -0.2) is 11.2 Å². The molecule has 1 aromatic rings. The van der Waals surface area contributed by atoms with Crippen molar-refractivity contribution in [3.63, 3.8) is 0 Å². The lowest BCUT2D eigenvalue weighted by Crippen LogP contribution is -2.30. The lowest BCUT2D eigenvalue weighted by molar-refractivity contribution is -0.0213. The summed E-state index contributed by atoms with van der Waals surface area (Å²) >= 11 is 3.26. The minimum absolute atomic E-state index is 0.390. The first kappa shape index (κ1) is 20.8. The topological polar surface area (TPSA) is 35.5 Å². The molecule has 0 aliphatic carbocycles. The Morgan fingerprint density at radius 3 is 1.65 bits per heavy atom. The van der Waals surface area contributed by atoms with Gasteiger partial charge in [-0.15, -0.1) is 0 Å². The van der Waals surface area contributed by atoms with Crippen LogP contribution in [0.3, 0.4) is 0 Å². The zero-order valence-corrected chi connectivity index (χ0v) is 16.8. The number of hydrogen-bond acceptors (Lipinski definition) is 3. The van der Waals surface area contributed by atoms with Crippen LogP contribution >= 0.6 is 23.5 Å². The van der Waals surface area contributed by atoms with Gasteiger partial charge in [-0.05, 0) is 47.1 Å². The summed E-state index contributed by atoms with van der Waals surface area (Å²) in [5.41, 5.74) is -5.38. The fourth-order valence-corrected chi connectivity index (χ4v) is 4.35. The van der Waals surface area contributed by atoms with Gasteiger partial charge in [-0.25, -0.2) is 0 Å². The van der Waals surface area contributed by atoms with Crippen LogP contribution in [-0.2, 0) is 24.6 Å². The van der Waals surface area contributed by atoms with Gasteiger partial charge in [-0.2, -0.15) is 8.78 Å². The molecule has 3 nitrogen and oxygen atoms in total. The number of halogens is 3. The van der Waals surface area contributed by atoms with Gasteiger partial charge in [0.05, 0.1) is 11.2 Å². The highest BCUT2D eigenvalue weighted by molar-refractivity contribution is 9.08. The van der Waals surface area contributed by atoms with Gasteiger partial charge < -0.3 is 0 Å². The Labute approximate surface area is 145 Å². The van der Waals surface area contributed by atoms with E-state index in [0.29, 0.717) is 5.33 Å². The van der Waals surface area contributed by atoms with Crippen molar-refractivity contribution in [3.8, 4) is 0 Å². The van der Waals surface area contributed by atoms with Crippen LogP contribution in [0.4, 0.5) is 8.78 Å². The number of hydrogen-bond donors (Lipinski definition) is 0. The van der Waals surface area contributed by atoms with Crippen molar-refractivity contribution in [3.05, 3.63) is 35.4 Å². The SMILES string of the molecule is CC(C)(C)OP(=O)(OC(C)(C)C)C(F)(F)c1ccc(CBr)cc1. The molecule has 0 spiro atoms. The molecule has 0 radical (unpaired) electrons. The first-order chi connectivity index (χ1) is 10.2. The van der Waals surface area contributed by atoms with E-state index in [1.807, 2.05) is 0 Å². The summed E-state index contributed by atoms with van der Waals surface area (Å²) in [6.07, 6.45) is 0. The molecule has 0 amide bonds. The molecule has 0 unspecified atom stereocenters. The molecule has 1 rings (SSSR count). The Bertz CT molecular complexity index is 554. The molecule has 0 aliphatic heterocycles. The third kappa shape index (κ3) is 5.63. The van der Waals surface area contributed by atoms with Crippen LogP contribution in [0.2, 0.25) is 0 Å². The van der Waals surface area contributed by atoms with Gasteiger partial charge >= 0.3 is 13.3 Å². The molecule has 0 bridgehead atoms. The third-order valence-electron chi connectivity index (χ3n) is 2.59. The van der Waals surface area contributed by atoms with Crippen LogP contribution in [0.1, 0.15) is 52.7 Å². The first-order valence-electron chi connectivity index (χ1n) is 7.25. The lowest BCUT2D eigenvalue weighted by Gasteiger charge is -2.36. The van der Waals surface area contributed by atoms with Gasteiger partial charge in [0.2, 0.25) is 0 Å². The molecular formula is C16H24BrF2O3P. The molecule has 1 aromatic carbocycles. The lowest BCUT2D eigenvalue weighted by atomic mass is 10.1. The van der Waals surface area contributed by atoms with Crippen molar-refractivity contribution in [2.45, 2.75) is 63.7 Å². The van der Waals surface area contributed by atoms with Gasteiger partial charge in [0, 0.05) is 10.9 Å². The summed E-state index contributed by atoms with van der Waals surface area (Å²) in [6, 6.07) is 5.61. The predicted octanol–water partition coefficient (Wildman–Crippen LogP) is 6.45. The third-order valence-corrected chi connectivity index (χ3v) is 5.76. The molecule has 0 atom stereocenters. The van der Waals surface area contributed by atoms with Crippen molar-refractivity contribution in [1.82, 2.24) is 0 Å². The van der Waals surface area contributed by atoms with Crippen molar-refractivity contribution < 1.29 is 22.4 Å². The number of rotatable bonds is 5. The molecule has 0 N–H and O–H groups in total. The molecule has 0 aromatic heterocycles. The van der Waals surface area contributed by atoms with Gasteiger partial charge in [0.25, 0.3) is 0 Å². The van der Waals surface area contributed by atoms with Gasteiger partial charge in [-0.1, -0.05) is 40.2 Å². The largest absolute Gasteiger partial charge is 0.405 e. The zero-order chi connectivity index (χ0) is 18.1. The summed E-state index contributed by atoms with van der Waals surface area (Å²) < 4.78 is 53.5. The smallest absolute Gasteiger partial charge is 0.298 e. The molecule has 0 aliphatic rings. The standard InChI is InChI=1S/C16H24BrF2O3P/c1-14(2,3)21-23(20,22-15(4,5)6)16(18,19)13-9-7-12(11-17)8-10-13/h7-10H,11H2,1-6H3. The highest BCUT2D eigenvalue weighted by Gasteiger charge is 2.58. The second-order valence-electron chi connectivity index (χ2n) is 7.28. The minimum Gasteiger partial charge on any atom is -0.298 e. The van der Waals surface area contributed by atoms with Crippen LogP contribution in [0.25, 0.3) is 0 Å². The summed E-state index contributed by atoms with van der Waals surface area (Å²) in [4.78, 5) is 0. The fourth-order valence-electron chi connectivity index (χ4n) is 1.81. The van der Waals surface area contributed by atoms with E-state index in [-0.39, 0.29) is 5.56 Å². The van der Waals surface area contributed by atoms with E-state index in [1.165, 1.54) is 12.1 Å². The molecule has 23 heavy (non-hydrogen) atoms. The quantitative estimate of drug-likeness (QED) is 0.411. The highest BCUT2D eigenvalue weighted by atomic mass is 79.9. The first-order valence-corrected chi connectivity index (χ1v) is 9.91. The Hall–Kier alpha value is -0.290. The average molecular weight is 413 g/mol. The molecule has 0 saturated carbocycles. The summed E-state index contributed by atoms with van der Waals surface area (Å²) in [6.45, 7) is 9.39. The highest BCUT2D eigenvalue weighted by Crippen LogP contribution is 2.69. The molecule has 0 saturated heterocycles. The molecule has 0 fully saturated rings. The normalized spacial score (nSPS) is 14.1. The monoisotopic (exact) mass is 412 g/mol. The van der Waals surface area contributed by atoms with Crippen LogP contribution in [0.5, 0.6) is 0 Å². The maximum Gasteiger partial charge on any atom is 0.405 e. The van der Waals surface area contributed by atoms with E-state index < -0.39 is 24.5 Å². The van der Waals surface area contributed by atoms with Gasteiger partial charge in [0.1, 0.15) is 0 Å². The van der Waals surface area contributed by atoms with Gasteiger partial charge in [-0.3, -0.25) is 13.6 Å². The van der Waals surface area contributed by atoms with Crippen molar-refractivity contribution >= 4 is 23.5 Å². The van der Waals surface area contributed by atoms with Crippen LogP contribution in [0.15, 0.2) is 24.3 Å². The van der Waals surface area contributed by atoms with E-state index in [0.717, 1.165) is 5.56 Å². The van der Waals surface area contributed by atoms with E-state index >= 15 is 0 Å². The Kier molecular flexibility index (Phi) is 6.23. The molecule has 132 valence electrons. The zero-order valence-electron chi connectivity index (χ0n) is 14.3. The van der Waals surface area contributed by atoms with Crippen molar-refractivity contribution in [2.24, 2.45) is 0 Å².